The second-order valence-electron chi connectivity index (χ2n) is 7.44. The number of aryl methyl sites for hydroxylation is 6. The number of hydrogen-bond donors (Lipinski definition) is 0. The molecule has 25 heavy (non-hydrogen) atoms. The molecule has 0 N–H and O–H groups in total. The van der Waals surface area contributed by atoms with E-state index in [1.54, 1.807) is 0 Å². The lowest BCUT2D eigenvalue weighted by Crippen LogP contribution is -2.41. The van der Waals surface area contributed by atoms with Gasteiger partial charge in [-0.15, -0.1) is 0 Å². The minimum Gasteiger partial charge on any atom is -0.344 e. The Bertz CT molecular complexity index is 685. The SMILES string of the molecule is COC1N(c2c(C)cc(C)cc2C)CCN1c1c(C)cc(C)cc1C. The van der Waals surface area contributed by atoms with E-state index in [-0.39, 0.29) is 6.35 Å². The van der Waals surface area contributed by atoms with Gasteiger partial charge in [-0.05, 0) is 63.8 Å². The molecular weight excluding hydrogens is 308 g/mol. The van der Waals surface area contributed by atoms with Crippen molar-refractivity contribution in [3.8, 4) is 0 Å². The molecule has 2 aromatic carbocycles. The van der Waals surface area contributed by atoms with Crippen molar-refractivity contribution in [2.45, 2.75) is 47.9 Å². The Morgan fingerprint density at radius 3 is 1.28 bits per heavy atom. The van der Waals surface area contributed by atoms with Crippen LogP contribution in [0.15, 0.2) is 24.3 Å². The van der Waals surface area contributed by atoms with Gasteiger partial charge in [0.2, 0.25) is 6.35 Å². The molecule has 0 spiro atoms. The fourth-order valence-electron chi connectivity index (χ4n) is 4.55. The Balaban J connectivity index is 2.03. The summed E-state index contributed by atoms with van der Waals surface area (Å²) >= 11 is 0. The van der Waals surface area contributed by atoms with Crippen LogP contribution in [0, 0.1) is 41.5 Å². The van der Waals surface area contributed by atoms with Crippen LogP contribution in [0.4, 0.5) is 11.4 Å². The van der Waals surface area contributed by atoms with Crippen LogP contribution in [0.5, 0.6) is 0 Å². The Morgan fingerprint density at radius 2 is 1.00 bits per heavy atom. The molecule has 0 atom stereocenters. The van der Waals surface area contributed by atoms with Crippen molar-refractivity contribution in [3.05, 3.63) is 57.6 Å². The molecule has 0 bridgehead atoms. The molecule has 0 saturated carbocycles. The van der Waals surface area contributed by atoms with E-state index in [1.807, 2.05) is 7.11 Å². The molecule has 0 amide bonds. The predicted molar refractivity (Wildman–Crippen MR) is 107 cm³/mol. The third-order valence-electron chi connectivity index (χ3n) is 5.17. The average molecular weight is 338 g/mol. The summed E-state index contributed by atoms with van der Waals surface area (Å²) in [7, 11) is 1.81. The van der Waals surface area contributed by atoms with Gasteiger partial charge in [-0.25, -0.2) is 0 Å². The highest BCUT2D eigenvalue weighted by Crippen LogP contribution is 2.36. The van der Waals surface area contributed by atoms with E-state index >= 15 is 0 Å². The van der Waals surface area contributed by atoms with E-state index in [0.29, 0.717) is 0 Å². The summed E-state index contributed by atoms with van der Waals surface area (Å²) in [5, 5.41) is 0. The number of nitrogens with zero attached hydrogens (tertiary/aromatic N) is 2. The molecule has 1 aliphatic heterocycles. The maximum atomic E-state index is 5.98. The molecule has 3 nitrogen and oxygen atoms in total. The lowest BCUT2D eigenvalue weighted by molar-refractivity contribution is 0.113. The van der Waals surface area contributed by atoms with Crippen molar-refractivity contribution in [3.63, 3.8) is 0 Å². The highest BCUT2D eigenvalue weighted by molar-refractivity contribution is 5.67. The Kier molecular flexibility index (Phi) is 4.79. The lowest BCUT2D eigenvalue weighted by Gasteiger charge is -2.34. The Labute approximate surface area is 152 Å². The quantitative estimate of drug-likeness (QED) is 0.800. The van der Waals surface area contributed by atoms with Gasteiger partial charge in [-0.1, -0.05) is 35.4 Å². The largest absolute Gasteiger partial charge is 0.344 e. The van der Waals surface area contributed by atoms with Crippen LogP contribution in [0.2, 0.25) is 0 Å². The first-order valence-electron chi connectivity index (χ1n) is 9.05. The highest BCUT2D eigenvalue weighted by atomic mass is 16.5. The first-order chi connectivity index (χ1) is 11.8. The van der Waals surface area contributed by atoms with Gasteiger partial charge in [0.1, 0.15) is 0 Å². The summed E-state index contributed by atoms with van der Waals surface area (Å²) in [6.45, 7) is 15.1. The molecule has 1 fully saturated rings. The van der Waals surface area contributed by atoms with Crippen molar-refractivity contribution in [2.75, 3.05) is 30.0 Å². The van der Waals surface area contributed by atoms with E-state index in [2.05, 4.69) is 75.6 Å². The topological polar surface area (TPSA) is 15.7 Å². The zero-order valence-electron chi connectivity index (χ0n) is 16.6. The normalized spacial score (nSPS) is 15.3. The van der Waals surface area contributed by atoms with Crippen molar-refractivity contribution in [1.82, 2.24) is 0 Å². The van der Waals surface area contributed by atoms with Gasteiger partial charge in [-0.3, -0.25) is 0 Å². The third kappa shape index (κ3) is 3.13. The van der Waals surface area contributed by atoms with Crippen molar-refractivity contribution < 1.29 is 4.74 Å². The first kappa shape index (κ1) is 17.8. The summed E-state index contributed by atoms with van der Waals surface area (Å²) in [4.78, 5) is 4.81. The van der Waals surface area contributed by atoms with E-state index in [9.17, 15) is 0 Å². The standard InChI is InChI=1S/C22H30N2O/c1-14-10-16(3)20(17(4)11-14)23-8-9-24(22(23)25-7)21-18(5)12-15(2)13-19(21)6/h10-13,22H,8-9H2,1-7H3. The molecule has 1 saturated heterocycles. The second kappa shape index (κ2) is 6.72. The van der Waals surface area contributed by atoms with Crippen molar-refractivity contribution >= 4 is 11.4 Å². The van der Waals surface area contributed by atoms with Crippen LogP contribution in [-0.2, 0) is 4.74 Å². The first-order valence-corrected chi connectivity index (χ1v) is 9.05. The molecule has 1 heterocycles. The zero-order valence-corrected chi connectivity index (χ0v) is 16.6. The maximum absolute atomic E-state index is 5.98. The minimum atomic E-state index is -0.0692. The second-order valence-corrected chi connectivity index (χ2v) is 7.44. The zero-order chi connectivity index (χ0) is 18.3. The molecule has 3 rings (SSSR count). The summed E-state index contributed by atoms with van der Waals surface area (Å²) in [6, 6.07) is 9.06. The summed E-state index contributed by atoms with van der Waals surface area (Å²) < 4.78 is 5.98. The van der Waals surface area contributed by atoms with E-state index < -0.39 is 0 Å². The van der Waals surface area contributed by atoms with Crippen LogP contribution in [0.25, 0.3) is 0 Å². The van der Waals surface area contributed by atoms with Crippen LogP contribution >= 0.6 is 0 Å². The van der Waals surface area contributed by atoms with Gasteiger partial charge in [0.15, 0.2) is 0 Å². The average Bonchev–Trinajstić information content (AvgIpc) is 2.88. The molecule has 134 valence electrons. The minimum absolute atomic E-state index is 0.0692. The molecule has 0 aliphatic carbocycles. The fourth-order valence-corrected chi connectivity index (χ4v) is 4.55. The maximum Gasteiger partial charge on any atom is 0.210 e. The molecule has 3 heteroatoms. The van der Waals surface area contributed by atoms with Gasteiger partial charge in [0.25, 0.3) is 0 Å². The number of hydrogen-bond acceptors (Lipinski definition) is 3. The van der Waals surface area contributed by atoms with Crippen molar-refractivity contribution in [2.24, 2.45) is 0 Å². The molecule has 0 aromatic heterocycles. The highest BCUT2D eigenvalue weighted by Gasteiger charge is 2.35. The molecule has 0 unspecified atom stereocenters. The Morgan fingerprint density at radius 1 is 0.680 bits per heavy atom. The van der Waals surface area contributed by atoms with Crippen molar-refractivity contribution in [1.29, 1.82) is 0 Å². The summed E-state index contributed by atoms with van der Waals surface area (Å²) in [5.41, 5.74) is 10.5. The third-order valence-corrected chi connectivity index (χ3v) is 5.17. The number of ether oxygens (including phenoxy) is 1. The van der Waals surface area contributed by atoms with E-state index in [4.69, 9.17) is 4.74 Å². The fraction of sp³-hybridized carbons (Fsp3) is 0.455. The predicted octanol–water partition coefficient (Wildman–Crippen LogP) is 4.79. The summed E-state index contributed by atoms with van der Waals surface area (Å²) in [6.07, 6.45) is -0.0692. The van der Waals surface area contributed by atoms with Gasteiger partial charge >= 0.3 is 0 Å². The number of benzene rings is 2. The van der Waals surface area contributed by atoms with Gasteiger partial charge in [0, 0.05) is 31.6 Å². The monoisotopic (exact) mass is 338 g/mol. The Hall–Kier alpha value is -2.00. The molecule has 1 aliphatic rings. The van der Waals surface area contributed by atoms with E-state index in [1.165, 1.54) is 44.8 Å². The van der Waals surface area contributed by atoms with Gasteiger partial charge in [0.05, 0.1) is 0 Å². The van der Waals surface area contributed by atoms with Crippen LogP contribution in [-0.4, -0.2) is 26.6 Å². The summed E-state index contributed by atoms with van der Waals surface area (Å²) in [5.74, 6) is 0. The van der Waals surface area contributed by atoms with Gasteiger partial charge in [-0.2, -0.15) is 0 Å². The van der Waals surface area contributed by atoms with Crippen LogP contribution in [0.3, 0.4) is 0 Å². The lowest BCUT2D eigenvalue weighted by atomic mass is 10.0. The molecular formula is C22H30N2O. The van der Waals surface area contributed by atoms with Crippen LogP contribution < -0.4 is 9.80 Å². The van der Waals surface area contributed by atoms with Crippen LogP contribution in [0.1, 0.15) is 33.4 Å². The number of methoxy groups -OCH3 is 1. The molecule has 0 radical (unpaired) electrons. The van der Waals surface area contributed by atoms with Gasteiger partial charge < -0.3 is 14.5 Å². The molecule has 2 aromatic rings. The number of rotatable bonds is 3. The smallest absolute Gasteiger partial charge is 0.210 e. The van der Waals surface area contributed by atoms with E-state index in [0.717, 1.165) is 13.1 Å². The number of anilines is 2.